The molecule has 192 valence electrons. The first-order valence-electron chi connectivity index (χ1n) is 12.5. The summed E-state index contributed by atoms with van der Waals surface area (Å²) in [6.07, 6.45) is 9.80. The van der Waals surface area contributed by atoms with Crippen LogP contribution in [0.5, 0.6) is 0 Å². The van der Waals surface area contributed by atoms with Gasteiger partial charge in [-0.2, -0.15) is 0 Å². The summed E-state index contributed by atoms with van der Waals surface area (Å²) in [5, 5.41) is 28.8. The molecule has 0 saturated carbocycles. The molecule has 0 aromatic rings. The van der Waals surface area contributed by atoms with Crippen molar-refractivity contribution in [1.29, 1.82) is 0 Å². The van der Waals surface area contributed by atoms with Crippen molar-refractivity contribution in [1.82, 2.24) is 0 Å². The molecule has 0 heterocycles. The number of hydrogen-bond donors (Lipinski definition) is 3. The predicted molar refractivity (Wildman–Crippen MR) is 125 cm³/mol. The minimum atomic E-state index is -2.61. The summed E-state index contributed by atoms with van der Waals surface area (Å²) in [6.45, 7) is 6.37. The minimum Gasteiger partial charge on any atom is -0.481 e. The molecule has 0 bridgehead atoms. The van der Waals surface area contributed by atoms with Crippen molar-refractivity contribution < 1.29 is 39.2 Å². The van der Waals surface area contributed by atoms with E-state index in [2.05, 4.69) is 13.8 Å². The smallest absolute Gasteiger partial charge is 0.349 e. The third-order valence-corrected chi connectivity index (χ3v) is 5.94. The van der Waals surface area contributed by atoms with Crippen LogP contribution in [-0.2, 0) is 23.9 Å². The van der Waals surface area contributed by atoms with Crippen molar-refractivity contribution in [2.75, 3.05) is 0 Å². The van der Waals surface area contributed by atoms with E-state index in [4.69, 9.17) is 4.74 Å². The fourth-order valence-electron chi connectivity index (χ4n) is 4.01. The highest BCUT2D eigenvalue weighted by molar-refractivity contribution is 5.92. The molecule has 0 fully saturated rings. The molecular weight excluding hydrogens is 428 g/mol. The lowest BCUT2D eigenvalue weighted by atomic mass is 9.80. The number of aliphatic carboxylic acids is 3. The lowest BCUT2D eigenvalue weighted by molar-refractivity contribution is -0.195. The molecule has 0 spiro atoms. The Morgan fingerprint density at radius 1 is 0.758 bits per heavy atom. The van der Waals surface area contributed by atoms with E-state index >= 15 is 0 Å². The van der Waals surface area contributed by atoms with Crippen LogP contribution in [-0.4, -0.2) is 44.8 Å². The fraction of sp³-hybridized carbons (Fsp3) is 0.840. The van der Waals surface area contributed by atoms with Crippen LogP contribution in [0.3, 0.4) is 0 Å². The number of rotatable bonds is 21. The van der Waals surface area contributed by atoms with Crippen molar-refractivity contribution in [3.63, 3.8) is 0 Å². The second-order valence-corrected chi connectivity index (χ2v) is 9.39. The van der Waals surface area contributed by atoms with Gasteiger partial charge in [0.1, 0.15) is 5.92 Å². The number of unbranched alkanes of at least 4 members (excludes halogenated alkanes) is 9. The van der Waals surface area contributed by atoms with E-state index in [1.807, 2.05) is 6.92 Å². The fourth-order valence-corrected chi connectivity index (χ4v) is 4.01. The highest BCUT2D eigenvalue weighted by atomic mass is 16.6. The average molecular weight is 473 g/mol. The minimum absolute atomic E-state index is 0.0639. The molecule has 8 nitrogen and oxygen atoms in total. The molecule has 0 aliphatic rings. The zero-order chi connectivity index (χ0) is 25.3. The summed E-state index contributed by atoms with van der Waals surface area (Å²) in [4.78, 5) is 47.6. The van der Waals surface area contributed by atoms with E-state index < -0.39 is 41.8 Å². The van der Waals surface area contributed by atoms with Crippen molar-refractivity contribution in [3.05, 3.63) is 0 Å². The second-order valence-electron chi connectivity index (χ2n) is 9.39. The van der Waals surface area contributed by atoms with Crippen molar-refractivity contribution >= 4 is 23.9 Å². The predicted octanol–water partition coefficient (Wildman–Crippen LogP) is 5.67. The van der Waals surface area contributed by atoms with Crippen LogP contribution < -0.4 is 0 Å². The molecule has 0 aliphatic heterocycles. The molecule has 0 amide bonds. The average Bonchev–Trinajstić information content (AvgIpc) is 2.70. The van der Waals surface area contributed by atoms with Gasteiger partial charge < -0.3 is 20.1 Å². The maximum absolute atomic E-state index is 12.2. The van der Waals surface area contributed by atoms with Gasteiger partial charge in [0.25, 0.3) is 0 Å². The van der Waals surface area contributed by atoms with E-state index in [0.29, 0.717) is 19.3 Å². The van der Waals surface area contributed by atoms with Crippen molar-refractivity contribution in [2.45, 2.75) is 123 Å². The quantitative estimate of drug-likeness (QED) is 0.143. The Morgan fingerprint density at radius 2 is 1.27 bits per heavy atom. The molecule has 0 saturated heterocycles. The van der Waals surface area contributed by atoms with Gasteiger partial charge in [-0.3, -0.25) is 14.4 Å². The molecule has 33 heavy (non-hydrogen) atoms. The standard InChI is InChI=1S/C25H44O8/c1-4-5-12-17-22(28)33-25(24(31)32,18-21(26)27)20(23(29)30)16-14-11-9-7-6-8-10-13-15-19(2)3/h19-20H,4-18H2,1-3H3,(H,26,27)(H,29,30)(H,31,32). The Kier molecular flexibility index (Phi) is 16.3. The van der Waals surface area contributed by atoms with Crippen LogP contribution in [0.4, 0.5) is 0 Å². The van der Waals surface area contributed by atoms with Gasteiger partial charge >= 0.3 is 23.9 Å². The van der Waals surface area contributed by atoms with Crippen LogP contribution >= 0.6 is 0 Å². The first-order valence-corrected chi connectivity index (χ1v) is 12.5. The largest absolute Gasteiger partial charge is 0.481 e. The van der Waals surface area contributed by atoms with Gasteiger partial charge in [0.15, 0.2) is 0 Å². The Labute approximate surface area is 198 Å². The lowest BCUT2D eigenvalue weighted by Crippen LogP contribution is -2.54. The highest BCUT2D eigenvalue weighted by Gasteiger charge is 2.54. The normalized spacial score (nSPS) is 13.9. The van der Waals surface area contributed by atoms with Gasteiger partial charge in [0.05, 0.1) is 6.42 Å². The van der Waals surface area contributed by atoms with E-state index in [1.165, 1.54) is 25.7 Å². The molecule has 0 aromatic heterocycles. The number of carbonyl (C=O) groups excluding carboxylic acids is 1. The first-order chi connectivity index (χ1) is 15.6. The third-order valence-electron chi connectivity index (χ3n) is 5.94. The molecule has 0 aliphatic carbocycles. The zero-order valence-corrected chi connectivity index (χ0v) is 20.6. The van der Waals surface area contributed by atoms with E-state index in [0.717, 1.165) is 38.0 Å². The van der Waals surface area contributed by atoms with Crippen molar-refractivity contribution in [2.24, 2.45) is 11.8 Å². The van der Waals surface area contributed by atoms with Gasteiger partial charge in [-0.25, -0.2) is 4.79 Å². The Balaban J connectivity index is 4.90. The molecule has 2 unspecified atom stereocenters. The number of hydrogen-bond acceptors (Lipinski definition) is 5. The van der Waals surface area contributed by atoms with E-state index in [1.54, 1.807) is 0 Å². The second kappa shape index (κ2) is 17.4. The number of carboxylic acid groups (broad SMARTS) is 3. The summed E-state index contributed by atoms with van der Waals surface area (Å²) in [7, 11) is 0. The Bertz CT molecular complexity index is 601. The van der Waals surface area contributed by atoms with Gasteiger partial charge in [0.2, 0.25) is 5.60 Å². The highest BCUT2D eigenvalue weighted by Crippen LogP contribution is 2.33. The summed E-state index contributed by atoms with van der Waals surface area (Å²) in [5.41, 5.74) is -2.61. The summed E-state index contributed by atoms with van der Waals surface area (Å²) in [6, 6.07) is 0. The number of ether oxygens (including phenoxy) is 1. The first kappa shape index (κ1) is 30.9. The number of carbonyl (C=O) groups is 4. The topological polar surface area (TPSA) is 138 Å². The number of carboxylic acids is 3. The molecule has 0 radical (unpaired) electrons. The van der Waals surface area contributed by atoms with E-state index in [-0.39, 0.29) is 12.8 Å². The van der Waals surface area contributed by atoms with Crippen molar-refractivity contribution in [3.8, 4) is 0 Å². The van der Waals surface area contributed by atoms with Crippen LogP contribution in [0.15, 0.2) is 0 Å². The van der Waals surface area contributed by atoms with Gasteiger partial charge in [-0.05, 0) is 18.8 Å². The molecule has 0 rings (SSSR count). The summed E-state index contributed by atoms with van der Waals surface area (Å²) in [5.74, 6) is -6.51. The SMILES string of the molecule is CCCCCC(=O)OC(CC(=O)O)(C(=O)O)C(CCCCCCCCCCC(C)C)C(=O)O. The number of esters is 1. The molecular formula is C25H44O8. The molecule has 2 atom stereocenters. The van der Waals surface area contributed by atoms with Gasteiger partial charge in [0, 0.05) is 6.42 Å². The lowest BCUT2D eigenvalue weighted by Gasteiger charge is -2.33. The van der Waals surface area contributed by atoms with Crippen LogP contribution in [0.25, 0.3) is 0 Å². The maximum atomic E-state index is 12.2. The zero-order valence-electron chi connectivity index (χ0n) is 20.6. The van der Waals surface area contributed by atoms with Crippen LogP contribution in [0.2, 0.25) is 0 Å². The Hall–Kier alpha value is -2.12. The maximum Gasteiger partial charge on any atom is 0.349 e. The van der Waals surface area contributed by atoms with Gasteiger partial charge in [-0.15, -0.1) is 0 Å². The molecule has 8 heteroatoms. The summed E-state index contributed by atoms with van der Waals surface area (Å²) < 4.78 is 5.13. The van der Waals surface area contributed by atoms with Crippen LogP contribution in [0, 0.1) is 11.8 Å². The third kappa shape index (κ3) is 13.2. The molecule has 3 N–H and O–H groups in total. The van der Waals surface area contributed by atoms with E-state index in [9.17, 15) is 34.5 Å². The summed E-state index contributed by atoms with van der Waals surface area (Å²) >= 11 is 0. The monoisotopic (exact) mass is 472 g/mol. The van der Waals surface area contributed by atoms with Crippen LogP contribution in [0.1, 0.15) is 117 Å². The van der Waals surface area contributed by atoms with Gasteiger partial charge in [-0.1, -0.05) is 91.4 Å². The Morgan fingerprint density at radius 3 is 1.70 bits per heavy atom. The molecule has 0 aromatic carbocycles.